The Kier molecular flexibility index (Phi) is 3.92. The number of fused-ring (bicyclic) bond motifs is 2. The smallest absolute Gasteiger partial charge is 0.328 e. The number of H-pyrrole nitrogens is 2. The summed E-state index contributed by atoms with van der Waals surface area (Å²) in [6.07, 6.45) is -1.06. The van der Waals surface area contributed by atoms with Crippen LogP contribution in [0.1, 0.15) is 0 Å². The average Bonchev–Trinajstić information content (AvgIpc) is 2.64. The van der Waals surface area contributed by atoms with E-state index in [0.29, 0.717) is 11.5 Å². The van der Waals surface area contributed by atoms with Gasteiger partial charge in [-0.2, -0.15) is 0 Å². The summed E-state index contributed by atoms with van der Waals surface area (Å²) in [5.74, 6) is -0.709. The minimum Gasteiger partial charge on any atom is -0.493 e. The summed E-state index contributed by atoms with van der Waals surface area (Å²) in [6, 6.07) is 11.2. The Morgan fingerprint density at radius 3 is 2.52 bits per heavy atom. The van der Waals surface area contributed by atoms with Gasteiger partial charge in [0.25, 0.3) is 5.56 Å². The molecule has 136 valence electrons. The first-order valence-electron chi connectivity index (χ1n) is 7.84. The number of carbonyl (C=O) groups excluding carboxylic acids is 1. The van der Waals surface area contributed by atoms with Gasteiger partial charge in [0.1, 0.15) is 6.61 Å². The van der Waals surface area contributed by atoms with E-state index >= 15 is 0 Å². The van der Waals surface area contributed by atoms with Gasteiger partial charge in [-0.1, -0.05) is 24.3 Å². The maximum atomic E-state index is 12.2. The summed E-state index contributed by atoms with van der Waals surface area (Å²) in [5.41, 5.74) is -2.48. The van der Waals surface area contributed by atoms with Crippen LogP contribution in [0.5, 0.6) is 17.4 Å². The van der Waals surface area contributed by atoms with Crippen molar-refractivity contribution in [2.75, 3.05) is 6.61 Å². The highest BCUT2D eigenvalue weighted by Gasteiger charge is 2.28. The number of nitrogens with zero attached hydrogens (tertiary/aromatic N) is 2. The first-order valence-corrected chi connectivity index (χ1v) is 7.84. The number of hydrogen-bond acceptors (Lipinski definition) is 7. The fraction of sp³-hybridized carbons (Fsp3) is 0.118. The molecule has 10 heteroatoms. The third-order valence-electron chi connectivity index (χ3n) is 3.89. The molecule has 1 aromatic heterocycles. The van der Waals surface area contributed by atoms with Crippen molar-refractivity contribution in [1.29, 1.82) is 0 Å². The second-order valence-electron chi connectivity index (χ2n) is 5.71. The molecule has 10 nitrogen and oxygen atoms in total. The molecule has 0 spiro atoms. The van der Waals surface area contributed by atoms with Crippen molar-refractivity contribution in [3.63, 3.8) is 0 Å². The first-order chi connectivity index (χ1) is 13.0. The molecule has 1 amide bonds. The third-order valence-corrected chi connectivity index (χ3v) is 3.89. The van der Waals surface area contributed by atoms with Gasteiger partial charge in [0.2, 0.25) is 17.7 Å². The van der Waals surface area contributed by atoms with Gasteiger partial charge in [0.15, 0.2) is 11.5 Å². The molecule has 2 aromatic carbocycles. The highest BCUT2D eigenvalue weighted by molar-refractivity contribution is 5.87. The maximum Gasteiger partial charge on any atom is 0.328 e. The average molecular weight is 368 g/mol. The number of rotatable bonds is 2. The van der Waals surface area contributed by atoms with Crippen LogP contribution >= 0.6 is 0 Å². The molecule has 3 aromatic rings. The number of aromatic amines is 2. The van der Waals surface area contributed by atoms with Crippen LogP contribution in [0.15, 0.2) is 56.2 Å². The number of ether oxygens (including phenoxy) is 2. The second kappa shape index (κ2) is 6.41. The highest BCUT2D eigenvalue weighted by Crippen LogP contribution is 2.36. The first kappa shape index (κ1) is 16.5. The molecule has 0 unspecified atom stereocenters. The normalized spacial score (nSPS) is 15.9. The topological polar surface area (TPSA) is 146 Å². The lowest BCUT2D eigenvalue weighted by molar-refractivity contribution is -0.127. The zero-order chi connectivity index (χ0) is 19.0. The zero-order valence-electron chi connectivity index (χ0n) is 13.6. The Morgan fingerprint density at radius 1 is 1.11 bits per heavy atom. The molecule has 0 radical (unpaired) electrons. The van der Waals surface area contributed by atoms with E-state index in [0.717, 1.165) is 10.8 Å². The lowest BCUT2D eigenvalue weighted by Gasteiger charge is -2.24. The van der Waals surface area contributed by atoms with E-state index < -0.39 is 34.8 Å². The van der Waals surface area contributed by atoms with Crippen molar-refractivity contribution in [2.24, 2.45) is 10.2 Å². The number of nitrogens with one attached hydrogen (secondary N) is 2. The van der Waals surface area contributed by atoms with Crippen LogP contribution in [0.4, 0.5) is 5.69 Å². The van der Waals surface area contributed by atoms with Crippen LogP contribution in [0.2, 0.25) is 0 Å². The van der Waals surface area contributed by atoms with Gasteiger partial charge in [-0.3, -0.25) is 19.6 Å². The van der Waals surface area contributed by atoms with Crippen molar-refractivity contribution in [3.05, 3.63) is 57.2 Å². The summed E-state index contributed by atoms with van der Waals surface area (Å²) < 4.78 is 11.2. The monoisotopic (exact) mass is 368 g/mol. The van der Waals surface area contributed by atoms with Crippen LogP contribution in [-0.4, -0.2) is 33.7 Å². The summed E-state index contributed by atoms with van der Waals surface area (Å²) in [4.78, 5) is 38.6. The van der Waals surface area contributed by atoms with E-state index in [1.807, 2.05) is 40.3 Å². The van der Waals surface area contributed by atoms with Gasteiger partial charge < -0.3 is 14.6 Å². The van der Waals surface area contributed by atoms with Crippen LogP contribution in [-0.2, 0) is 4.79 Å². The predicted molar refractivity (Wildman–Crippen MR) is 92.7 cm³/mol. The van der Waals surface area contributed by atoms with E-state index in [2.05, 4.69) is 10.2 Å². The number of aromatic hydroxyl groups is 1. The minimum atomic E-state index is -1.06. The summed E-state index contributed by atoms with van der Waals surface area (Å²) in [7, 11) is 0. The molecule has 0 fully saturated rings. The molecular formula is C17H12N4O6. The van der Waals surface area contributed by atoms with Crippen molar-refractivity contribution in [1.82, 2.24) is 9.97 Å². The largest absolute Gasteiger partial charge is 0.493 e. The van der Waals surface area contributed by atoms with E-state index in [9.17, 15) is 19.5 Å². The molecule has 0 saturated heterocycles. The van der Waals surface area contributed by atoms with E-state index in [4.69, 9.17) is 9.47 Å². The van der Waals surface area contributed by atoms with Crippen molar-refractivity contribution < 1.29 is 19.4 Å². The lowest BCUT2D eigenvalue weighted by atomic mass is 10.1. The molecule has 0 aliphatic carbocycles. The quantitative estimate of drug-likeness (QED) is 0.582. The number of benzene rings is 2. The number of carbonyl (C=O) groups is 1. The predicted octanol–water partition coefficient (Wildman–Crippen LogP) is 1.37. The molecule has 0 bridgehead atoms. The van der Waals surface area contributed by atoms with Gasteiger partial charge in [0, 0.05) is 0 Å². The summed E-state index contributed by atoms with van der Waals surface area (Å²) >= 11 is 0. The van der Waals surface area contributed by atoms with E-state index in [1.165, 1.54) is 0 Å². The van der Waals surface area contributed by atoms with E-state index in [1.54, 1.807) is 6.07 Å². The zero-order valence-corrected chi connectivity index (χ0v) is 13.6. The second-order valence-corrected chi connectivity index (χ2v) is 5.71. The van der Waals surface area contributed by atoms with Crippen LogP contribution in [0.25, 0.3) is 10.8 Å². The van der Waals surface area contributed by atoms with Crippen molar-refractivity contribution in [3.8, 4) is 17.4 Å². The lowest BCUT2D eigenvalue weighted by Crippen LogP contribution is -2.35. The number of aromatic nitrogens is 2. The minimum absolute atomic E-state index is 0.0862. The van der Waals surface area contributed by atoms with Crippen LogP contribution < -0.4 is 20.7 Å². The van der Waals surface area contributed by atoms with Gasteiger partial charge in [-0.25, -0.2) is 4.79 Å². The Balaban J connectivity index is 1.57. The van der Waals surface area contributed by atoms with Gasteiger partial charge >= 0.3 is 11.6 Å². The maximum absolute atomic E-state index is 12.2. The number of amides is 1. The Bertz CT molecular complexity index is 1200. The van der Waals surface area contributed by atoms with Crippen LogP contribution in [0, 0.1) is 0 Å². The Morgan fingerprint density at radius 2 is 1.81 bits per heavy atom. The molecule has 4 rings (SSSR count). The van der Waals surface area contributed by atoms with E-state index in [-0.39, 0.29) is 6.61 Å². The Hall–Kier alpha value is -3.95. The van der Waals surface area contributed by atoms with Crippen molar-refractivity contribution in [2.45, 2.75) is 6.10 Å². The molecule has 1 atom stereocenters. The molecule has 0 saturated carbocycles. The molecular weight excluding hydrogens is 356 g/mol. The Labute approximate surface area is 150 Å². The summed E-state index contributed by atoms with van der Waals surface area (Å²) in [6.45, 7) is -0.0862. The fourth-order valence-electron chi connectivity index (χ4n) is 2.60. The molecule has 3 N–H and O–H groups in total. The van der Waals surface area contributed by atoms with Gasteiger partial charge in [-0.05, 0) is 22.9 Å². The molecule has 2 heterocycles. The van der Waals surface area contributed by atoms with Gasteiger partial charge in [0.05, 0.1) is 0 Å². The molecule has 1 aliphatic heterocycles. The fourth-order valence-corrected chi connectivity index (χ4v) is 2.60. The SMILES string of the molecule is O=C(N=Nc1c(O)[nH]c(=O)[nH]c1=O)[C@H]1COc2cc3ccccc3cc2O1. The number of hydrogen-bond donors (Lipinski definition) is 3. The standard InChI is InChI=1S/C17H12N4O6/c22-14(21-20-13-15(23)18-17(25)19-16(13)24)12-7-26-10-5-8-3-1-2-4-9(8)6-11(10)27-12/h1-6,12H,7H2,(H3,18,19,23,24,25)/t12-/m1/s1. The molecule has 1 aliphatic rings. The third kappa shape index (κ3) is 3.15. The van der Waals surface area contributed by atoms with Gasteiger partial charge in [-0.15, -0.1) is 10.2 Å². The molecule has 27 heavy (non-hydrogen) atoms. The van der Waals surface area contributed by atoms with Crippen LogP contribution in [0.3, 0.4) is 0 Å². The highest BCUT2D eigenvalue weighted by atomic mass is 16.6. The summed E-state index contributed by atoms with van der Waals surface area (Å²) in [5, 5.41) is 18.2. The number of azo groups is 1. The van der Waals surface area contributed by atoms with Crippen molar-refractivity contribution >= 4 is 22.4 Å².